The Kier molecular flexibility index (Phi) is 7.40. The molecule has 0 atom stereocenters. The number of carbonyl (C=O) groups excluding carboxylic acids is 1. The Hall–Kier alpha value is -1.91. The number of para-hydroxylation sites is 1. The molecule has 5 heteroatoms. The molecule has 0 spiro atoms. The van der Waals surface area contributed by atoms with Crippen LogP contribution in [0.3, 0.4) is 0 Å². The van der Waals surface area contributed by atoms with E-state index in [9.17, 15) is 0 Å². The molecule has 0 saturated carbocycles. The Morgan fingerprint density at radius 1 is 0.938 bits per heavy atom. The molecule has 0 radical (unpaired) electrons. The fraction of sp³-hybridized carbons (Fsp3) is 0.364. The highest BCUT2D eigenvalue weighted by Crippen LogP contribution is 2.35. The number of hydrogen-bond donors (Lipinski definition) is 0. The minimum atomic E-state index is 0.375. The molecule has 0 unspecified atom stereocenters. The van der Waals surface area contributed by atoms with Crippen molar-refractivity contribution in [2.24, 2.45) is 0 Å². The summed E-state index contributed by atoms with van der Waals surface area (Å²) in [5.74, 6) is 1.98. The zero-order chi connectivity index (χ0) is 12.4. The number of hydrogen-bond acceptors (Lipinski definition) is 5. The zero-order valence-corrected chi connectivity index (χ0v) is 9.85. The van der Waals surface area contributed by atoms with E-state index in [1.807, 2.05) is 18.2 Å². The van der Waals surface area contributed by atoms with Gasteiger partial charge in [0.2, 0.25) is 5.75 Å². The van der Waals surface area contributed by atoms with Crippen LogP contribution in [0.2, 0.25) is 0 Å². The van der Waals surface area contributed by atoms with Gasteiger partial charge in [0.1, 0.15) is 0 Å². The summed E-state index contributed by atoms with van der Waals surface area (Å²) >= 11 is 0. The van der Waals surface area contributed by atoms with Gasteiger partial charge in [0.25, 0.3) is 6.47 Å². The van der Waals surface area contributed by atoms with Crippen LogP contribution in [-0.4, -0.2) is 34.9 Å². The first-order valence-electron chi connectivity index (χ1n) is 4.46. The van der Waals surface area contributed by atoms with Gasteiger partial charge in [-0.25, -0.2) is 0 Å². The van der Waals surface area contributed by atoms with E-state index >= 15 is 0 Å². The van der Waals surface area contributed by atoms with E-state index in [1.54, 1.807) is 21.3 Å². The summed E-state index contributed by atoms with van der Waals surface area (Å²) in [5, 5.41) is 0. The molecule has 0 aromatic heterocycles. The normalized spacial score (nSPS) is 8.25. The number of rotatable bonds is 4. The topological polar surface area (TPSA) is 54.0 Å². The van der Waals surface area contributed by atoms with Crippen molar-refractivity contribution in [1.29, 1.82) is 0 Å². The van der Waals surface area contributed by atoms with Crippen molar-refractivity contribution in [3.05, 3.63) is 18.2 Å². The van der Waals surface area contributed by atoms with Crippen LogP contribution < -0.4 is 14.2 Å². The van der Waals surface area contributed by atoms with Crippen LogP contribution in [0.4, 0.5) is 0 Å². The first kappa shape index (κ1) is 14.1. The number of ether oxygens (including phenoxy) is 4. The van der Waals surface area contributed by atoms with Crippen molar-refractivity contribution in [2.75, 3.05) is 28.4 Å². The molecular formula is C11H16O5. The van der Waals surface area contributed by atoms with Crippen molar-refractivity contribution in [3.63, 3.8) is 0 Å². The van der Waals surface area contributed by atoms with E-state index in [2.05, 4.69) is 4.74 Å². The van der Waals surface area contributed by atoms with E-state index in [0.29, 0.717) is 23.7 Å². The van der Waals surface area contributed by atoms with E-state index < -0.39 is 0 Å². The summed E-state index contributed by atoms with van der Waals surface area (Å²) in [5.41, 5.74) is 0. The number of benzene rings is 1. The molecule has 0 aliphatic rings. The lowest BCUT2D eigenvalue weighted by Crippen LogP contribution is -1.93. The average Bonchev–Trinajstić information content (AvgIpc) is 2.37. The van der Waals surface area contributed by atoms with Crippen molar-refractivity contribution >= 4 is 6.47 Å². The smallest absolute Gasteiger partial charge is 0.292 e. The van der Waals surface area contributed by atoms with Gasteiger partial charge in [-0.2, -0.15) is 0 Å². The lowest BCUT2D eigenvalue weighted by atomic mass is 10.3. The third-order valence-electron chi connectivity index (χ3n) is 1.68. The Bertz CT molecular complexity index is 289. The van der Waals surface area contributed by atoms with Gasteiger partial charge in [0, 0.05) is 0 Å². The lowest BCUT2D eigenvalue weighted by Gasteiger charge is -2.10. The minimum Gasteiger partial charge on any atom is -0.493 e. The highest BCUT2D eigenvalue weighted by atomic mass is 16.5. The van der Waals surface area contributed by atoms with E-state index in [0.717, 1.165) is 0 Å². The highest BCUT2D eigenvalue weighted by Gasteiger charge is 2.08. The third kappa shape index (κ3) is 4.08. The molecule has 1 aromatic carbocycles. The molecule has 90 valence electrons. The number of methoxy groups -OCH3 is 4. The summed E-state index contributed by atoms with van der Waals surface area (Å²) in [6, 6.07) is 5.49. The van der Waals surface area contributed by atoms with Gasteiger partial charge < -0.3 is 18.9 Å². The van der Waals surface area contributed by atoms with Gasteiger partial charge in [-0.1, -0.05) is 6.07 Å². The average molecular weight is 228 g/mol. The predicted octanol–water partition coefficient (Wildman–Crippen LogP) is 1.50. The second-order valence-corrected chi connectivity index (χ2v) is 2.53. The van der Waals surface area contributed by atoms with E-state index in [1.165, 1.54) is 7.11 Å². The van der Waals surface area contributed by atoms with Gasteiger partial charge in [0.15, 0.2) is 11.5 Å². The highest BCUT2D eigenvalue weighted by molar-refractivity contribution is 5.50. The fourth-order valence-corrected chi connectivity index (χ4v) is 1.02. The maximum atomic E-state index is 8.95. The van der Waals surface area contributed by atoms with Crippen molar-refractivity contribution < 1.29 is 23.7 Å². The molecule has 1 aromatic rings. The lowest BCUT2D eigenvalue weighted by molar-refractivity contribution is -0.126. The molecule has 5 nitrogen and oxygen atoms in total. The van der Waals surface area contributed by atoms with Gasteiger partial charge in [-0.05, 0) is 12.1 Å². The van der Waals surface area contributed by atoms with Gasteiger partial charge in [0.05, 0.1) is 28.4 Å². The minimum absolute atomic E-state index is 0.375. The van der Waals surface area contributed by atoms with Crippen LogP contribution in [0, 0.1) is 0 Å². The standard InChI is InChI=1S/C9H12O3.C2H4O2/c1-10-7-5-4-6-8(11-2)9(7)12-3;1-4-2-3/h4-6H,1-3H3;2H,1H3. The predicted molar refractivity (Wildman–Crippen MR) is 59.2 cm³/mol. The summed E-state index contributed by atoms with van der Waals surface area (Å²) in [6.07, 6.45) is 0. The molecule has 0 aliphatic heterocycles. The van der Waals surface area contributed by atoms with E-state index in [4.69, 9.17) is 19.0 Å². The summed E-state index contributed by atoms with van der Waals surface area (Å²) < 4.78 is 19.1. The first-order chi connectivity index (χ1) is 7.74. The Balaban J connectivity index is 0.000000487. The molecular weight excluding hydrogens is 212 g/mol. The monoisotopic (exact) mass is 228 g/mol. The van der Waals surface area contributed by atoms with Crippen LogP contribution in [0.15, 0.2) is 18.2 Å². The third-order valence-corrected chi connectivity index (χ3v) is 1.68. The van der Waals surface area contributed by atoms with Gasteiger partial charge in [-0.3, -0.25) is 4.79 Å². The number of carbonyl (C=O) groups is 1. The van der Waals surface area contributed by atoms with Crippen LogP contribution in [-0.2, 0) is 9.53 Å². The molecule has 16 heavy (non-hydrogen) atoms. The van der Waals surface area contributed by atoms with Gasteiger partial charge >= 0.3 is 0 Å². The molecule has 0 heterocycles. The van der Waals surface area contributed by atoms with Crippen LogP contribution in [0.1, 0.15) is 0 Å². The molecule has 0 saturated heterocycles. The molecule has 0 N–H and O–H groups in total. The Morgan fingerprint density at radius 3 is 1.62 bits per heavy atom. The Morgan fingerprint density at radius 2 is 1.38 bits per heavy atom. The molecule has 0 bridgehead atoms. The Labute approximate surface area is 94.9 Å². The van der Waals surface area contributed by atoms with Crippen molar-refractivity contribution in [3.8, 4) is 17.2 Å². The first-order valence-corrected chi connectivity index (χ1v) is 4.46. The zero-order valence-electron chi connectivity index (χ0n) is 9.85. The van der Waals surface area contributed by atoms with Crippen LogP contribution in [0.5, 0.6) is 17.2 Å². The van der Waals surface area contributed by atoms with Gasteiger partial charge in [-0.15, -0.1) is 0 Å². The summed E-state index contributed by atoms with van der Waals surface area (Å²) in [7, 11) is 6.09. The van der Waals surface area contributed by atoms with Crippen molar-refractivity contribution in [1.82, 2.24) is 0 Å². The molecule has 0 amide bonds. The largest absolute Gasteiger partial charge is 0.493 e. The summed E-state index contributed by atoms with van der Waals surface area (Å²) in [6.45, 7) is 0.375. The van der Waals surface area contributed by atoms with E-state index in [-0.39, 0.29) is 0 Å². The quantitative estimate of drug-likeness (QED) is 0.731. The van der Waals surface area contributed by atoms with Crippen LogP contribution in [0.25, 0.3) is 0 Å². The second kappa shape index (κ2) is 8.40. The van der Waals surface area contributed by atoms with Crippen LogP contribution >= 0.6 is 0 Å². The fourth-order valence-electron chi connectivity index (χ4n) is 1.02. The maximum absolute atomic E-state index is 8.95. The molecule has 0 fully saturated rings. The molecule has 0 aliphatic carbocycles. The molecule has 1 rings (SSSR count). The maximum Gasteiger partial charge on any atom is 0.292 e. The summed E-state index contributed by atoms with van der Waals surface area (Å²) in [4.78, 5) is 8.95. The SMILES string of the molecule is COC=O.COc1cccc(OC)c1OC. The second-order valence-electron chi connectivity index (χ2n) is 2.53. The van der Waals surface area contributed by atoms with Crippen molar-refractivity contribution in [2.45, 2.75) is 0 Å².